The van der Waals surface area contributed by atoms with Crippen molar-refractivity contribution in [3.8, 4) is 5.75 Å². The van der Waals surface area contributed by atoms with Crippen molar-refractivity contribution >= 4 is 53.1 Å². The summed E-state index contributed by atoms with van der Waals surface area (Å²) >= 11 is 1.43. The lowest BCUT2D eigenvalue weighted by Gasteiger charge is -2.09. The van der Waals surface area contributed by atoms with Crippen LogP contribution in [0.25, 0.3) is 41.7 Å². The Hall–Kier alpha value is -2.72. The highest BCUT2D eigenvalue weighted by atomic mass is 32.1. The van der Waals surface area contributed by atoms with E-state index in [0.29, 0.717) is 16.7 Å². The van der Waals surface area contributed by atoms with E-state index >= 15 is 0 Å². The first-order valence-corrected chi connectivity index (χ1v) is 9.78. The number of hydrogen-bond donors (Lipinski definition) is 0. The van der Waals surface area contributed by atoms with Gasteiger partial charge in [-0.2, -0.15) is 0 Å². The predicted molar refractivity (Wildman–Crippen MR) is 110 cm³/mol. The standard InChI is InChI=1S/C23H16F2OS/c1-2-11-26-19-10-9-15-17(21(19)25)12-18(24)23-20(15)16-8-7-13-5-3-4-6-14(13)22(16)27-23/h3-10,12H,2,11H2,1H3. The fourth-order valence-corrected chi connectivity index (χ4v) is 4.97. The van der Waals surface area contributed by atoms with Gasteiger partial charge in [0.2, 0.25) is 0 Å². The first-order valence-electron chi connectivity index (χ1n) is 8.96. The molecular formula is C23H16F2OS. The van der Waals surface area contributed by atoms with E-state index in [1.807, 2.05) is 49.4 Å². The summed E-state index contributed by atoms with van der Waals surface area (Å²) in [5.74, 6) is -0.718. The second kappa shape index (κ2) is 6.17. The number of thiophene rings is 1. The maximum absolute atomic E-state index is 15.0. The molecule has 0 aliphatic carbocycles. The zero-order valence-corrected chi connectivity index (χ0v) is 15.5. The Morgan fingerprint density at radius 3 is 2.52 bits per heavy atom. The van der Waals surface area contributed by atoms with Gasteiger partial charge in [0.1, 0.15) is 5.82 Å². The topological polar surface area (TPSA) is 9.23 Å². The number of rotatable bonds is 3. The monoisotopic (exact) mass is 378 g/mol. The minimum Gasteiger partial charge on any atom is -0.491 e. The molecule has 0 atom stereocenters. The summed E-state index contributed by atoms with van der Waals surface area (Å²) in [6, 6.07) is 16.9. The van der Waals surface area contributed by atoms with Gasteiger partial charge < -0.3 is 4.74 Å². The van der Waals surface area contributed by atoms with Crippen LogP contribution in [-0.4, -0.2) is 6.61 Å². The van der Waals surface area contributed by atoms with Crippen molar-refractivity contribution in [1.82, 2.24) is 0 Å². The zero-order chi connectivity index (χ0) is 18.5. The van der Waals surface area contributed by atoms with E-state index in [-0.39, 0.29) is 11.1 Å². The molecule has 1 aromatic heterocycles. The summed E-state index contributed by atoms with van der Waals surface area (Å²) in [4.78, 5) is 0. The van der Waals surface area contributed by atoms with Crippen molar-refractivity contribution < 1.29 is 13.5 Å². The molecule has 1 heterocycles. The van der Waals surface area contributed by atoms with Gasteiger partial charge in [-0.25, -0.2) is 8.78 Å². The maximum Gasteiger partial charge on any atom is 0.172 e. The fraction of sp³-hybridized carbons (Fsp3) is 0.130. The van der Waals surface area contributed by atoms with Gasteiger partial charge in [-0.3, -0.25) is 0 Å². The smallest absolute Gasteiger partial charge is 0.172 e. The van der Waals surface area contributed by atoms with Gasteiger partial charge in [-0.1, -0.05) is 43.3 Å². The van der Waals surface area contributed by atoms with Gasteiger partial charge in [0, 0.05) is 20.9 Å². The van der Waals surface area contributed by atoms with Crippen molar-refractivity contribution in [2.45, 2.75) is 13.3 Å². The molecule has 1 nitrogen and oxygen atoms in total. The summed E-state index contributed by atoms with van der Waals surface area (Å²) in [5.41, 5.74) is 0. The van der Waals surface area contributed by atoms with Crippen molar-refractivity contribution in [3.05, 3.63) is 66.2 Å². The van der Waals surface area contributed by atoms with Crippen molar-refractivity contribution in [2.75, 3.05) is 6.61 Å². The van der Waals surface area contributed by atoms with Gasteiger partial charge in [-0.15, -0.1) is 11.3 Å². The molecule has 0 aliphatic rings. The second-order valence-corrected chi connectivity index (χ2v) is 7.67. The molecule has 4 aromatic carbocycles. The van der Waals surface area contributed by atoms with E-state index < -0.39 is 11.6 Å². The minimum atomic E-state index is -0.498. The highest BCUT2D eigenvalue weighted by Crippen LogP contribution is 2.44. The van der Waals surface area contributed by atoms with Crippen LogP contribution in [0.5, 0.6) is 5.75 Å². The first-order chi connectivity index (χ1) is 13.2. The van der Waals surface area contributed by atoms with Gasteiger partial charge in [-0.05, 0) is 40.8 Å². The Labute approximate surface area is 158 Å². The Morgan fingerprint density at radius 2 is 1.67 bits per heavy atom. The largest absolute Gasteiger partial charge is 0.491 e. The van der Waals surface area contributed by atoms with Crippen LogP contribution < -0.4 is 4.74 Å². The molecule has 0 saturated carbocycles. The molecule has 0 fully saturated rings. The molecule has 27 heavy (non-hydrogen) atoms. The molecule has 4 heteroatoms. The van der Waals surface area contributed by atoms with Gasteiger partial charge in [0.25, 0.3) is 0 Å². The van der Waals surface area contributed by atoms with E-state index in [0.717, 1.165) is 32.7 Å². The highest BCUT2D eigenvalue weighted by Gasteiger charge is 2.18. The molecule has 0 unspecified atom stereocenters. The lowest BCUT2D eigenvalue weighted by atomic mass is 10.0. The predicted octanol–water partition coefficient (Wildman–Crippen LogP) is 7.43. The molecule has 5 rings (SSSR count). The summed E-state index contributed by atoms with van der Waals surface area (Å²) in [6.07, 6.45) is 0.785. The summed E-state index contributed by atoms with van der Waals surface area (Å²) in [5, 5.41) is 4.92. The number of halogens is 2. The molecular weight excluding hydrogens is 362 g/mol. The average Bonchev–Trinajstić information content (AvgIpc) is 3.09. The van der Waals surface area contributed by atoms with Crippen LogP contribution in [0.2, 0.25) is 0 Å². The molecule has 0 N–H and O–H groups in total. The van der Waals surface area contributed by atoms with Crippen molar-refractivity contribution in [3.63, 3.8) is 0 Å². The SMILES string of the molecule is CCCOc1ccc2c(cc(F)c3sc4c5ccccc5ccc4c32)c1F. The molecule has 5 aromatic rings. The van der Waals surface area contributed by atoms with Crippen LogP contribution in [0.3, 0.4) is 0 Å². The van der Waals surface area contributed by atoms with Crippen LogP contribution in [0.1, 0.15) is 13.3 Å². The molecule has 0 spiro atoms. The van der Waals surface area contributed by atoms with Crippen LogP contribution in [0, 0.1) is 11.6 Å². The van der Waals surface area contributed by atoms with E-state index in [9.17, 15) is 8.78 Å². The normalized spacial score (nSPS) is 11.8. The number of fused-ring (bicyclic) bond motifs is 7. The van der Waals surface area contributed by atoms with Crippen LogP contribution in [0.4, 0.5) is 8.78 Å². The lowest BCUT2D eigenvalue weighted by Crippen LogP contribution is -1.98. The number of hydrogen-bond acceptors (Lipinski definition) is 2. The van der Waals surface area contributed by atoms with Crippen LogP contribution in [-0.2, 0) is 0 Å². The zero-order valence-electron chi connectivity index (χ0n) is 14.7. The fourth-order valence-electron chi connectivity index (χ4n) is 3.71. The minimum absolute atomic E-state index is 0.174. The Balaban J connectivity index is 1.91. The van der Waals surface area contributed by atoms with Crippen LogP contribution >= 0.6 is 11.3 Å². The van der Waals surface area contributed by atoms with Gasteiger partial charge in [0.15, 0.2) is 11.6 Å². The third-order valence-corrected chi connectivity index (χ3v) is 6.19. The average molecular weight is 378 g/mol. The third-order valence-electron chi connectivity index (χ3n) is 4.94. The second-order valence-electron chi connectivity index (χ2n) is 6.65. The maximum atomic E-state index is 15.0. The summed E-state index contributed by atoms with van der Waals surface area (Å²) in [6.45, 7) is 2.39. The number of ether oxygens (including phenoxy) is 1. The van der Waals surface area contributed by atoms with Gasteiger partial charge >= 0.3 is 0 Å². The molecule has 0 aliphatic heterocycles. The molecule has 0 bridgehead atoms. The first kappa shape index (κ1) is 16.5. The van der Waals surface area contributed by atoms with E-state index in [4.69, 9.17) is 4.74 Å². The molecule has 0 radical (unpaired) electrons. The lowest BCUT2D eigenvalue weighted by molar-refractivity contribution is 0.302. The summed E-state index contributed by atoms with van der Waals surface area (Å²) < 4.78 is 37.0. The molecule has 0 amide bonds. The molecule has 0 saturated heterocycles. The van der Waals surface area contributed by atoms with E-state index in [1.165, 1.54) is 17.4 Å². The van der Waals surface area contributed by atoms with Crippen molar-refractivity contribution in [2.24, 2.45) is 0 Å². The number of benzene rings is 4. The third kappa shape index (κ3) is 2.40. The Kier molecular flexibility index (Phi) is 3.76. The Morgan fingerprint density at radius 1 is 0.852 bits per heavy atom. The highest BCUT2D eigenvalue weighted by molar-refractivity contribution is 7.27. The Bertz CT molecular complexity index is 1340. The quantitative estimate of drug-likeness (QED) is 0.317. The van der Waals surface area contributed by atoms with Gasteiger partial charge in [0.05, 0.1) is 11.3 Å². The van der Waals surface area contributed by atoms with E-state index in [2.05, 4.69) is 0 Å². The molecule has 134 valence electrons. The summed E-state index contributed by atoms with van der Waals surface area (Å²) in [7, 11) is 0. The van der Waals surface area contributed by atoms with E-state index in [1.54, 1.807) is 6.07 Å². The van der Waals surface area contributed by atoms with Crippen LogP contribution in [0.15, 0.2) is 54.6 Å². The van der Waals surface area contributed by atoms with Crippen molar-refractivity contribution in [1.29, 1.82) is 0 Å².